The predicted octanol–water partition coefficient (Wildman–Crippen LogP) is 6.48. The van der Waals surface area contributed by atoms with Crippen molar-refractivity contribution in [2.75, 3.05) is 26.2 Å². The molecular formula is C27H54N2O5S. The number of unbranched alkanes of at least 4 members (excludes halogenated alkanes) is 12. The minimum atomic E-state index is -4.42. The number of aliphatic hydroxyl groups excluding tert-OH is 1. The van der Waals surface area contributed by atoms with E-state index in [1.165, 1.54) is 103 Å². The number of aliphatic hydroxyl groups is 1. The van der Waals surface area contributed by atoms with E-state index in [2.05, 4.69) is 30.2 Å². The van der Waals surface area contributed by atoms with Gasteiger partial charge in [0.1, 0.15) is 6.54 Å². The third-order valence-corrected chi connectivity index (χ3v) is 7.29. The zero-order valence-electron chi connectivity index (χ0n) is 23.0. The molecule has 0 fully saturated rings. The van der Waals surface area contributed by atoms with Crippen molar-refractivity contribution in [2.45, 2.75) is 130 Å². The second-order valence-corrected chi connectivity index (χ2v) is 10.6. The third kappa shape index (κ3) is 17.3. The van der Waals surface area contributed by atoms with Crippen molar-refractivity contribution >= 4 is 16.2 Å². The summed E-state index contributed by atoms with van der Waals surface area (Å²) in [5.74, 6) is 1.24. The van der Waals surface area contributed by atoms with Gasteiger partial charge in [-0.15, -0.1) is 0 Å². The molecule has 1 aliphatic heterocycles. The summed E-state index contributed by atoms with van der Waals surface area (Å²) in [4.78, 5) is 4.71. The zero-order valence-corrected chi connectivity index (χ0v) is 23.9. The number of amidine groups is 1. The maximum atomic E-state index is 10.2. The summed E-state index contributed by atoms with van der Waals surface area (Å²) >= 11 is 0. The minimum Gasteiger partial charge on any atom is -0.726 e. The quantitative estimate of drug-likeness (QED) is 0.0653. The number of nitrogens with zero attached hydrogens (tertiary/aromatic N) is 2. The second kappa shape index (κ2) is 21.3. The molecule has 208 valence electrons. The van der Waals surface area contributed by atoms with Crippen LogP contribution in [-0.2, 0) is 14.6 Å². The van der Waals surface area contributed by atoms with E-state index < -0.39 is 10.4 Å². The fraction of sp³-hybridized carbons (Fsp3) is 0.889. The fourth-order valence-electron chi connectivity index (χ4n) is 4.61. The highest BCUT2D eigenvalue weighted by atomic mass is 32.3. The average Bonchev–Trinajstić information content (AvgIpc) is 3.22. The molecule has 0 aromatic heterocycles. The second-order valence-electron chi connectivity index (χ2n) is 9.51. The Balaban J connectivity index is 0.00000143. The molecule has 2 unspecified atom stereocenters. The van der Waals surface area contributed by atoms with Gasteiger partial charge >= 0.3 is 0 Å². The highest BCUT2D eigenvalue weighted by Crippen LogP contribution is 2.23. The van der Waals surface area contributed by atoms with Crippen LogP contribution in [0.5, 0.6) is 0 Å². The van der Waals surface area contributed by atoms with Crippen molar-refractivity contribution in [3.8, 4) is 0 Å². The Bertz CT molecular complexity index is 664. The van der Waals surface area contributed by atoms with Crippen LogP contribution in [0.3, 0.4) is 0 Å². The van der Waals surface area contributed by atoms with Gasteiger partial charge in [0.15, 0.2) is 6.23 Å². The molecule has 7 nitrogen and oxygen atoms in total. The fourth-order valence-corrected chi connectivity index (χ4v) is 4.90. The Hall–Kier alpha value is -0.800. The molecule has 0 bridgehead atoms. The first-order valence-electron chi connectivity index (χ1n) is 14.1. The lowest BCUT2D eigenvalue weighted by Crippen LogP contribution is -2.56. The molecule has 0 radical (unpaired) electrons. The molecule has 2 atom stereocenters. The van der Waals surface area contributed by atoms with E-state index in [1.54, 1.807) is 0 Å². The van der Waals surface area contributed by atoms with Gasteiger partial charge in [0.2, 0.25) is 16.2 Å². The van der Waals surface area contributed by atoms with Crippen LogP contribution in [0.15, 0.2) is 17.1 Å². The minimum absolute atomic E-state index is 0.0914. The van der Waals surface area contributed by atoms with Crippen molar-refractivity contribution in [1.29, 1.82) is 0 Å². The Labute approximate surface area is 216 Å². The van der Waals surface area contributed by atoms with Crippen LogP contribution in [0.2, 0.25) is 0 Å². The maximum Gasteiger partial charge on any atom is 0.217 e. The number of allylic oxidation sites excluding steroid dienone is 2. The molecule has 1 aliphatic rings. The average molecular weight is 519 g/mol. The van der Waals surface area contributed by atoms with Crippen LogP contribution in [-0.4, -0.2) is 60.9 Å². The number of rotatable bonds is 20. The SMILES string of the molecule is CCCCCCCC/C=C\CCCCCCCCC1=NCC[N+]1(CC)C(C)O.CCOS(=O)(=O)[O-]. The van der Waals surface area contributed by atoms with E-state index in [1.807, 2.05) is 6.92 Å². The molecule has 0 aromatic rings. The van der Waals surface area contributed by atoms with Gasteiger partial charge in [0.05, 0.1) is 19.7 Å². The van der Waals surface area contributed by atoms with Gasteiger partial charge in [-0.05, 0) is 46.0 Å². The van der Waals surface area contributed by atoms with Crippen LogP contribution in [0.25, 0.3) is 0 Å². The smallest absolute Gasteiger partial charge is 0.217 e. The van der Waals surface area contributed by atoms with Crippen molar-refractivity contribution in [3.63, 3.8) is 0 Å². The summed E-state index contributed by atoms with van der Waals surface area (Å²) in [6.45, 7) is 10.5. The van der Waals surface area contributed by atoms with Gasteiger partial charge < -0.3 is 9.66 Å². The predicted molar refractivity (Wildman–Crippen MR) is 145 cm³/mol. The molecule has 1 rings (SSSR count). The van der Waals surface area contributed by atoms with E-state index in [0.717, 1.165) is 26.1 Å². The van der Waals surface area contributed by atoms with Crippen LogP contribution in [0, 0.1) is 0 Å². The summed E-state index contributed by atoms with van der Waals surface area (Å²) in [7, 11) is -4.42. The Morgan fingerprint density at radius 3 is 1.89 bits per heavy atom. The van der Waals surface area contributed by atoms with E-state index >= 15 is 0 Å². The van der Waals surface area contributed by atoms with Crippen LogP contribution < -0.4 is 0 Å². The molecule has 0 saturated carbocycles. The van der Waals surface area contributed by atoms with Crippen molar-refractivity contribution < 1.29 is 26.7 Å². The highest BCUT2D eigenvalue weighted by molar-refractivity contribution is 7.80. The topological polar surface area (TPSA) is 99.0 Å². The molecule has 35 heavy (non-hydrogen) atoms. The number of quaternary nitrogens is 1. The number of likely N-dealkylation sites (N-methyl/N-ethyl adjacent to an activating group) is 1. The normalized spacial score (nSPS) is 19.0. The van der Waals surface area contributed by atoms with Gasteiger partial charge in [-0.3, -0.25) is 8.67 Å². The summed E-state index contributed by atoms with van der Waals surface area (Å²) in [5, 5.41) is 10.2. The van der Waals surface area contributed by atoms with Crippen LogP contribution in [0.4, 0.5) is 0 Å². The summed E-state index contributed by atoms with van der Waals surface area (Å²) in [5.41, 5.74) is 0. The lowest BCUT2D eigenvalue weighted by molar-refractivity contribution is -0.882. The highest BCUT2D eigenvalue weighted by Gasteiger charge is 2.40. The van der Waals surface area contributed by atoms with Gasteiger partial charge in [0.25, 0.3) is 0 Å². The van der Waals surface area contributed by atoms with Crippen molar-refractivity contribution in [3.05, 3.63) is 12.2 Å². The largest absolute Gasteiger partial charge is 0.726 e. The summed E-state index contributed by atoms with van der Waals surface area (Å²) in [6.07, 6.45) is 24.4. The van der Waals surface area contributed by atoms with Gasteiger partial charge in [-0.1, -0.05) is 76.9 Å². The number of aliphatic imine (C=N–C) groups is 1. The number of hydrogen-bond acceptors (Lipinski definition) is 6. The van der Waals surface area contributed by atoms with E-state index in [0.29, 0.717) is 4.48 Å². The molecule has 0 aliphatic carbocycles. The molecule has 0 amide bonds. The molecule has 0 aromatic carbocycles. The molecule has 8 heteroatoms. The van der Waals surface area contributed by atoms with Crippen molar-refractivity contribution in [2.24, 2.45) is 4.99 Å². The Morgan fingerprint density at radius 2 is 1.46 bits per heavy atom. The monoisotopic (exact) mass is 518 g/mol. The lowest BCUT2D eigenvalue weighted by Gasteiger charge is -2.36. The summed E-state index contributed by atoms with van der Waals surface area (Å²) < 4.78 is 32.7. The van der Waals surface area contributed by atoms with Crippen molar-refractivity contribution in [1.82, 2.24) is 0 Å². The van der Waals surface area contributed by atoms with Crippen LogP contribution >= 0.6 is 0 Å². The Morgan fingerprint density at radius 1 is 0.943 bits per heavy atom. The maximum absolute atomic E-state index is 10.2. The van der Waals surface area contributed by atoms with E-state index in [-0.39, 0.29) is 12.8 Å². The molecule has 1 heterocycles. The van der Waals surface area contributed by atoms with Gasteiger partial charge in [0, 0.05) is 13.3 Å². The first-order valence-corrected chi connectivity index (χ1v) is 15.4. The standard InChI is InChI=1S/C25H49N2O.C2H6O4S/c1-4-6-7-8-9-10-11-12-13-14-15-16-17-18-19-20-21-25-26-22-23-27(25,5-2)24(3)28;1-2-6-7(3,4)5/h12-13,24,28H,4-11,14-23H2,1-3H3;2H2,1H3,(H,3,4,5)/q+1;/p-1/b13-12-;. The molecule has 1 N–H and O–H groups in total. The molecule has 0 spiro atoms. The molecular weight excluding hydrogens is 464 g/mol. The zero-order chi connectivity index (χ0) is 26.4. The van der Waals surface area contributed by atoms with Gasteiger partial charge in [-0.2, -0.15) is 0 Å². The Kier molecular flexibility index (Phi) is 20.8. The first-order chi connectivity index (χ1) is 16.7. The van der Waals surface area contributed by atoms with Crippen LogP contribution in [0.1, 0.15) is 124 Å². The first kappa shape index (κ1) is 34.2. The number of hydrogen-bond donors (Lipinski definition) is 1. The molecule has 0 saturated heterocycles. The third-order valence-electron chi connectivity index (χ3n) is 6.76. The van der Waals surface area contributed by atoms with E-state index in [4.69, 9.17) is 4.99 Å². The van der Waals surface area contributed by atoms with E-state index in [9.17, 15) is 18.1 Å². The lowest BCUT2D eigenvalue weighted by atomic mass is 10.1. The van der Waals surface area contributed by atoms with Gasteiger partial charge in [-0.25, -0.2) is 13.4 Å². The summed E-state index contributed by atoms with van der Waals surface area (Å²) in [6, 6.07) is 0.